The highest BCUT2D eigenvalue weighted by molar-refractivity contribution is 5.68. The third-order valence-electron chi connectivity index (χ3n) is 15.9. The second kappa shape index (κ2) is 23.8. The van der Waals surface area contributed by atoms with Crippen molar-refractivity contribution in [3.63, 3.8) is 0 Å². The molecule has 1 amide bonds. The molecule has 0 aromatic carbocycles. The summed E-state index contributed by atoms with van der Waals surface area (Å²) >= 11 is 0. The quantitative estimate of drug-likeness (QED) is 0.0976. The molecule has 354 valence electrons. The van der Waals surface area contributed by atoms with E-state index in [1.807, 2.05) is 25.7 Å². The van der Waals surface area contributed by atoms with Crippen LogP contribution in [-0.4, -0.2) is 153 Å². The monoisotopic (exact) mass is 863 g/mol. The van der Waals surface area contributed by atoms with Gasteiger partial charge in [-0.2, -0.15) is 0 Å². The van der Waals surface area contributed by atoms with Crippen molar-refractivity contribution in [2.75, 3.05) is 72.1 Å². The zero-order chi connectivity index (χ0) is 43.5. The largest absolute Gasteiger partial charge is 0.444 e. The summed E-state index contributed by atoms with van der Waals surface area (Å²) in [5.74, 6) is 4.14. The van der Waals surface area contributed by atoms with Crippen molar-refractivity contribution in [2.45, 2.75) is 179 Å². The van der Waals surface area contributed by atoms with Gasteiger partial charge in [-0.1, -0.05) is 39.5 Å². The van der Waals surface area contributed by atoms with Crippen LogP contribution >= 0.6 is 0 Å². The number of aliphatic hydroxyl groups is 2. The van der Waals surface area contributed by atoms with E-state index in [4.69, 9.17) is 15.2 Å². The Morgan fingerprint density at radius 1 is 0.869 bits per heavy atom. The second-order valence-electron chi connectivity index (χ2n) is 21.4. The second-order valence-corrected chi connectivity index (χ2v) is 21.4. The number of quaternary nitrogens is 1. The topological polar surface area (TPSA) is 185 Å². The Hall–Kier alpha value is -1.17. The highest BCUT2D eigenvalue weighted by Crippen LogP contribution is 2.45. The Kier molecular flexibility index (Phi) is 19.3. The standard InChI is InChI=1S/C47H91N9O5/c1-7-39-38(42(52-35-17-23-60-24-18-35)37(27-48)43(54-39)49-8-2)29-51-45(58)41-14-10-13-40(53-41)44(57)50-28-32-16-15-31(3)36(26-32)34-12-9-11-33(25-34)30-55-19-21-56(22-20-55)46(59)61-47(4,5)6/h31-45,49-54,57-58H,7-30,48H2,1-6H3/p+1. The van der Waals surface area contributed by atoms with Crippen LogP contribution in [0.4, 0.5) is 4.79 Å². The minimum Gasteiger partial charge on any atom is -0.444 e. The molecule has 4 aliphatic heterocycles. The highest BCUT2D eigenvalue weighted by Gasteiger charge is 2.46. The first-order valence-corrected chi connectivity index (χ1v) is 25.3. The van der Waals surface area contributed by atoms with Gasteiger partial charge in [-0.25, -0.2) is 4.79 Å². The van der Waals surface area contributed by atoms with Crippen molar-refractivity contribution in [3.8, 4) is 0 Å². The maximum absolute atomic E-state index is 12.6. The average molecular weight is 863 g/mol. The lowest BCUT2D eigenvalue weighted by Crippen LogP contribution is -2.98. The number of carbonyl (C=O) groups excluding carboxylic acids is 1. The number of rotatable bonds is 17. The van der Waals surface area contributed by atoms with Gasteiger partial charge in [-0.15, -0.1) is 0 Å². The lowest BCUT2D eigenvalue weighted by molar-refractivity contribution is -0.701. The third-order valence-corrected chi connectivity index (χ3v) is 15.9. The van der Waals surface area contributed by atoms with Crippen LogP contribution in [0.1, 0.15) is 125 Å². The summed E-state index contributed by atoms with van der Waals surface area (Å²) in [7, 11) is 0. The maximum atomic E-state index is 12.6. The minimum absolute atomic E-state index is 0.0896. The Morgan fingerprint density at radius 3 is 2.21 bits per heavy atom. The molecule has 6 fully saturated rings. The molecule has 6 aliphatic rings. The van der Waals surface area contributed by atoms with Crippen LogP contribution in [0.2, 0.25) is 0 Å². The number of piperazine rings is 1. The summed E-state index contributed by atoms with van der Waals surface area (Å²) in [5, 5.41) is 44.4. The summed E-state index contributed by atoms with van der Waals surface area (Å²) in [6, 6.07) is 0.772. The Labute approximate surface area is 370 Å². The van der Waals surface area contributed by atoms with Crippen molar-refractivity contribution in [1.82, 2.24) is 36.4 Å². The van der Waals surface area contributed by atoms with Gasteiger partial charge in [-0.3, -0.25) is 20.9 Å². The molecule has 14 atom stereocenters. The summed E-state index contributed by atoms with van der Waals surface area (Å²) in [6.45, 7) is 22.1. The molecule has 11 N–H and O–H groups in total. The number of hydrogen-bond donors (Lipinski definition) is 9. The van der Waals surface area contributed by atoms with Gasteiger partial charge in [0.15, 0.2) is 0 Å². The van der Waals surface area contributed by atoms with Crippen LogP contribution in [0.15, 0.2) is 0 Å². The summed E-state index contributed by atoms with van der Waals surface area (Å²) in [6.07, 6.45) is 13.6. The van der Waals surface area contributed by atoms with E-state index >= 15 is 0 Å². The van der Waals surface area contributed by atoms with E-state index in [0.29, 0.717) is 31.1 Å². The number of aliphatic hydroxyl groups excluding tert-OH is 2. The minimum atomic E-state index is -0.700. The third kappa shape index (κ3) is 14.2. The predicted molar refractivity (Wildman–Crippen MR) is 243 cm³/mol. The molecule has 0 spiro atoms. The van der Waals surface area contributed by atoms with Crippen LogP contribution in [0.25, 0.3) is 0 Å². The molecule has 14 heteroatoms. The first-order chi connectivity index (χ1) is 29.3. The molecule has 4 heterocycles. The van der Waals surface area contributed by atoms with Gasteiger partial charge >= 0.3 is 6.09 Å². The number of carbonyl (C=O) groups is 1. The van der Waals surface area contributed by atoms with Crippen molar-refractivity contribution >= 4 is 6.09 Å². The van der Waals surface area contributed by atoms with Gasteiger partial charge in [-0.05, 0) is 115 Å². The molecular formula is C47H92N9O5+. The fraction of sp³-hybridized carbons (Fsp3) is 0.979. The number of ether oxygens (including phenoxy) is 2. The van der Waals surface area contributed by atoms with Crippen molar-refractivity contribution < 1.29 is 29.8 Å². The molecule has 0 aromatic heterocycles. The van der Waals surface area contributed by atoms with Crippen molar-refractivity contribution in [1.29, 1.82) is 0 Å². The first-order valence-electron chi connectivity index (χ1n) is 25.3. The molecule has 14 unspecified atom stereocenters. The normalized spacial score (nSPS) is 37.3. The molecule has 6 rings (SSSR count). The number of nitrogens with zero attached hydrogens (tertiary/aromatic N) is 2. The lowest BCUT2D eigenvalue weighted by Gasteiger charge is -2.48. The predicted octanol–water partition coefficient (Wildman–Crippen LogP) is 2.34. The molecule has 2 aliphatic carbocycles. The van der Waals surface area contributed by atoms with E-state index in [0.717, 1.165) is 121 Å². The SMILES string of the molecule is CC[NH2+]C1NC(CC)C(CNC(O)C2CCCC(C(O)NCC3CCC(C)C(C4CCCC(CN5CCN(C(=O)OC(C)(C)C)CC5)C4)C3)N2)C(NC2CCOCC2)C1CN. The van der Waals surface area contributed by atoms with Crippen molar-refractivity contribution in [3.05, 3.63) is 0 Å². The molecule has 0 aromatic rings. The van der Waals surface area contributed by atoms with Crippen LogP contribution in [-0.2, 0) is 9.47 Å². The van der Waals surface area contributed by atoms with E-state index in [9.17, 15) is 15.0 Å². The van der Waals surface area contributed by atoms with Crippen LogP contribution in [0, 0.1) is 41.4 Å². The van der Waals surface area contributed by atoms with E-state index in [1.165, 1.54) is 44.9 Å². The molecule has 14 nitrogen and oxygen atoms in total. The number of hydrogen-bond acceptors (Lipinski definition) is 12. The Balaban J connectivity index is 0.948. The Morgan fingerprint density at radius 2 is 1.56 bits per heavy atom. The Bertz CT molecular complexity index is 1280. The summed E-state index contributed by atoms with van der Waals surface area (Å²) in [5.41, 5.74) is 6.06. The summed E-state index contributed by atoms with van der Waals surface area (Å²) in [4.78, 5) is 17.1. The lowest BCUT2D eigenvalue weighted by atomic mass is 9.64. The molecule has 4 saturated heterocycles. The molecular weight excluding hydrogens is 771 g/mol. The van der Waals surface area contributed by atoms with E-state index in [1.54, 1.807) is 0 Å². The molecule has 0 bridgehead atoms. The van der Waals surface area contributed by atoms with E-state index in [2.05, 4.69) is 57.6 Å². The number of nitrogens with one attached hydrogen (secondary N) is 5. The number of piperidine rings is 2. The molecule has 2 saturated carbocycles. The van der Waals surface area contributed by atoms with Gasteiger partial charge < -0.3 is 46.3 Å². The van der Waals surface area contributed by atoms with Gasteiger partial charge in [0.2, 0.25) is 0 Å². The fourth-order valence-corrected chi connectivity index (χ4v) is 12.5. The van der Waals surface area contributed by atoms with Crippen LogP contribution in [0.3, 0.4) is 0 Å². The molecule has 61 heavy (non-hydrogen) atoms. The first kappa shape index (κ1) is 49.3. The highest BCUT2D eigenvalue weighted by atomic mass is 16.6. The van der Waals surface area contributed by atoms with Gasteiger partial charge in [0.25, 0.3) is 0 Å². The van der Waals surface area contributed by atoms with Crippen LogP contribution < -0.4 is 37.6 Å². The average Bonchev–Trinajstić information content (AvgIpc) is 3.25. The maximum Gasteiger partial charge on any atom is 0.410 e. The molecule has 0 radical (unpaired) electrons. The zero-order valence-electron chi connectivity index (χ0n) is 39.3. The van der Waals surface area contributed by atoms with Crippen molar-refractivity contribution in [2.24, 2.45) is 47.2 Å². The number of nitrogens with two attached hydrogens (primary N) is 2. The summed E-state index contributed by atoms with van der Waals surface area (Å²) < 4.78 is 11.3. The number of amides is 1. The van der Waals surface area contributed by atoms with Crippen LogP contribution in [0.5, 0.6) is 0 Å². The van der Waals surface area contributed by atoms with Gasteiger partial charge in [0, 0.05) is 102 Å². The fourth-order valence-electron chi connectivity index (χ4n) is 12.5. The smallest absolute Gasteiger partial charge is 0.410 e. The zero-order valence-corrected chi connectivity index (χ0v) is 39.3. The van der Waals surface area contributed by atoms with Gasteiger partial charge in [0.1, 0.15) is 24.2 Å². The van der Waals surface area contributed by atoms with Gasteiger partial charge in [0.05, 0.1) is 12.5 Å². The van der Waals surface area contributed by atoms with E-state index < -0.39 is 18.1 Å². The van der Waals surface area contributed by atoms with E-state index in [-0.39, 0.29) is 42.2 Å².